The third kappa shape index (κ3) is 7.60. The molecule has 0 radical (unpaired) electrons. The summed E-state index contributed by atoms with van der Waals surface area (Å²) in [6.45, 7) is 9.32. The summed E-state index contributed by atoms with van der Waals surface area (Å²) in [5.74, 6) is 1.23. The van der Waals surface area contributed by atoms with Crippen molar-refractivity contribution in [3.05, 3.63) is 95.1 Å². The smallest absolute Gasteiger partial charge is 0.243 e. The highest BCUT2D eigenvalue weighted by Crippen LogP contribution is 2.31. The highest BCUT2D eigenvalue weighted by atomic mass is 16.6. The van der Waals surface area contributed by atoms with Crippen LogP contribution in [-0.4, -0.2) is 41.5 Å². The number of hydrogen-bond donors (Lipinski definition) is 1. The number of amides is 2. The van der Waals surface area contributed by atoms with Gasteiger partial charge in [0.05, 0.1) is 0 Å². The molecule has 0 saturated carbocycles. The molecule has 6 heteroatoms. The molecule has 0 unspecified atom stereocenters. The molecule has 1 atom stereocenters. The largest absolute Gasteiger partial charge is 0.486 e. The van der Waals surface area contributed by atoms with E-state index in [1.165, 1.54) is 0 Å². The fourth-order valence-electron chi connectivity index (χ4n) is 4.54. The SMILES string of the molecule is Cc1ccc(CN(C(=O)CCc2ccc3c(c2)OCCO3)[C@H](Cc2ccccc2)C(=O)NC(C)(C)C)cc1. The van der Waals surface area contributed by atoms with E-state index < -0.39 is 11.6 Å². The molecule has 0 bridgehead atoms. The molecule has 0 aliphatic carbocycles. The number of nitrogens with one attached hydrogen (secondary N) is 1. The van der Waals surface area contributed by atoms with Crippen LogP contribution in [-0.2, 0) is 29.0 Å². The van der Waals surface area contributed by atoms with Gasteiger partial charge in [-0.1, -0.05) is 66.2 Å². The Hall–Kier alpha value is -3.80. The first-order valence-corrected chi connectivity index (χ1v) is 13.3. The molecule has 2 amide bonds. The lowest BCUT2D eigenvalue weighted by molar-refractivity contribution is -0.141. The Labute approximate surface area is 226 Å². The average molecular weight is 515 g/mol. The van der Waals surface area contributed by atoms with Gasteiger partial charge >= 0.3 is 0 Å². The minimum atomic E-state index is -0.648. The van der Waals surface area contributed by atoms with Gasteiger partial charge < -0.3 is 19.7 Å². The standard InChI is InChI=1S/C32H38N2O4/c1-23-10-12-26(13-11-23)22-34(27(31(36)33-32(2,3)4)20-24-8-6-5-7-9-24)30(35)17-15-25-14-16-28-29(21-25)38-19-18-37-28/h5-14,16,21,27H,15,17-20,22H2,1-4H3,(H,33,36)/t27-/m1/s1. The number of ether oxygens (including phenoxy) is 2. The van der Waals surface area contributed by atoms with E-state index in [-0.39, 0.29) is 18.2 Å². The molecule has 0 saturated heterocycles. The zero-order chi connectivity index (χ0) is 27.1. The predicted molar refractivity (Wildman–Crippen MR) is 149 cm³/mol. The monoisotopic (exact) mass is 514 g/mol. The molecular formula is C32H38N2O4. The molecule has 38 heavy (non-hydrogen) atoms. The van der Waals surface area contributed by atoms with Crippen molar-refractivity contribution in [3.8, 4) is 11.5 Å². The Bertz CT molecular complexity index is 1230. The third-order valence-electron chi connectivity index (χ3n) is 6.48. The summed E-state index contributed by atoms with van der Waals surface area (Å²) in [4.78, 5) is 29.3. The Morgan fingerprint density at radius 2 is 1.53 bits per heavy atom. The first-order chi connectivity index (χ1) is 18.2. The van der Waals surface area contributed by atoms with E-state index in [9.17, 15) is 9.59 Å². The third-order valence-corrected chi connectivity index (χ3v) is 6.48. The van der Waals surface area contributed by atoms with Crippen molar-refractivity contribution >= 4 is 11.8 Å². The van der Waals surface area contributed by atoms with E-state index in [1.807, 2.05) is 100 Å². The van der Waals surface area contributed by atoms with E-state index in [4.69, 9.17) is 9.47 Å². The minimum absolute atomic E-state index is 0.0644. The van der Waals surface area contributed by atoms with Crippen LogP contribution in [0.2, 0.25) is 0 Å². The number of benzene rings is 3. The topological polar surface area (TPSA) is 67.9 Å². The lowest BCUT2D eigenvalue weighted by Crippen LogP contribution is -2.54. The van der Waals surface area contributed by atoms with Crippen molar-refractivity contribution in [2.24, 2.45) is 0 Å². The lowest BCUT2D eigenvalue weighted by atomic mass is 9.99. The summed E-state index contributed by atoms with van der Waals surface area (Å²) >= 11 is 0. The van der Waals surface area contributed by atoms with Crippen molar-refractivity contribution in [3.63, 3.8) is 0 Å². The molecule has 3 aromatic carbocycles. The van der Waals surface area contributed by atoms with Crippen LogP contribution in [0.15, 0.2) is 72.8 Å². The average Bonchev–Trinajstić information content (AvgIpc) is 2.90. The van der Waals surface area contributed by atoms with Gasteiger partial charge in [0.2, 0.25) is 11.8 Å². The van der Waals surface area contributed by atoms with Gasteiger partial charge in [-0.3, -0.25) is 9.59 Å². The molecule has 200 valence electrons. The first kappa shape index (κ1) is 27.2. The number of carbonyl (C=O) groups is 2. The Morgan fingerprint density at radius 1 is 0.868 bits per heavy atom. The van der Waals surface area contributed by atoms with Gasteiger partial charge in [0.1, 0.15) is 19.3 Å². The van der Waals surface area contributed by atoms with Gasteiger partial charge in [-0.15, -0.1) is 0 Å². The number of rotatable bonds is 9. The predicted octanol–water partition coefficient (Wildman–Crippen LogP) is 5.25. The molecule has 1 aliphatic heterocycles. The molecule has 3 aromatic rings. The maximum Gasteiger partial charge on any atom is 0.243 e. The number of fused-ring (bicyclic) bond motifs is 1. The fraction of sp³-hybridized carbons (Fsp3) is 0.375. The van der Waals surface area contributed by atoms with Crippen LogP contribution < -0.4 is 14.8 Å². The summed E-state index contributed by atoms with van der Waals surface area (Å²) in [7, 11) is 0. The second-order valence-electron chi connectivity index (χ2n) is 10.9. The van der Waals surface area contributed by atoms with Gasteiger partial charge in [0.25, 0.3) is 0 Å². The van der Waals surface area contributed by atoms with Crippen LogP contribution in [0.25, 0.3) is 0 Å². The highest BCUT2D eigenvalue weighted by molar-refractivity contribution is 5.88. The van der Waals surface area contributed by atoms with E-state index in [0.29, 0.717) is 38.3 Å². The van der Waals surface area contributed by atoms with Crippen LogP contribution >= 0.6 is 0 Å². The van der Waals surface area contributed by atoms with Crippen molar-refractivity contribution in [2.45, 2.75) is 65.1 Å². The second kappa shape index (κ2) is 12.2. The van der Waals surface area contributed by atoms with Crippen molar-refractivity contribution < 1.29 is 19.1 Å². The molecule has 0 fully saturated rings. The molecule has 4 rings (SSSR count). The number of carbonyl (C=O) groups excluding carboxylic acids is 2. The van der Waals surface area contributed by atoms with E-state index >= 15 is 0 Å². The van der Waals surface area contributed by atoms with Crippen LogP contribution in [0.5, 0.6) is 11.5 Å². The normalized spacial score (nSPS) is 13.5. The van der Waals surface area contributed by atoms with Crippen molar-refractivity contribution in [2.75, 3.05) is 13.2 Å². The van der Waals surface area contributed by atoms with E-state index in [2.05, 4.69) is 5.32 Å². The second-order valence-corrected chi connectivity index (χ2v) is 10.9. The number of nitrogens with zero attached hydrogens (tertiary/aromatic N) is 1. The summed E-state index contributed by atoms with van der Waals surface area (Å²) in [5, 5.41) is 3.11. The molecule has 6 nitrogen and oxygen atoms in total. The van der Waals surface area contributed by atoms with Gasteiger partial charge in [0, 0.05) is 24.9 Å². The van der Waals surface area contributed by atoms with Crippen LogP contribution in [0.4, 0.5) is 0 Å². The van der Waals surface area contributed by atoms with Gasteiger partial charge in [-0.05, 0) is 62.9 Å². The number of aryl methyl sites for hydroxylation is 2. The highest BCUT2D eigenvalue weighted by Gasteiger charge is 2.32. The van der Waals surface area contributed by atoms with Gasteiger partial charge in [-0.25, -0.2) is 0 Å². The Kier molecular flexibility index (Phi) is 8.72. The number of hydrogen-bond acceptors (Lipinski definition) is 4. The summed E-state index contributed by atoms with van der Waals surface area (Å²) < 4.78 is 11.3. The van der Waals surface area contributed by atoms with Crippen molar-refractivity contribution in [1.82, 2.24) is 10.2 Å². The maximum atomic E-state index is 13.9. The van der Waals surface area contributed by atoms with E-state index in [1.54, 1.807) is 4.90 Å². The summed E-state index contributed by atoms with van der Waals surface area (Å²) in [5.41, 5.74) is 3.73. The summed E-state index contributed by atoms with van der Waals surface area (Å²) in [6.07, 6.45) is 1.25. The fourth-order valence-corrected chi connectivity index (χ4v) is 4.54. The Balaban J connectivity index is 1.60. The van der Waals surface area contributed by atoms with Crippen LogP contribution in [0.3, 0.4) is 0 Å². The molecule has 1 aliphatic rings. The van der Waals surface area contributed by atoms with Crippen molar-refractivity contribution in [1.29, 1.82) is 0 Å². The zero-order valence-electron chi connectivity index (χ0n) is 22.8. The molecular weight excluding hydrogens is 476 g/mol. The van der Waals surface area contributed by atoms with Crippen LogP contribution in [0.1, 0.15) is 49.4 Å². The molecule has 1 N–H and O–H groups in total. The molecule has 0 aromatic heterocycles. The lowest BCUT2D eigenvalue weighted by Gasteiger charge is -2.34. The quantitative estimate of drug-likeness (QED) is 0.423. The molecule has 0 spiro atoms. The maximum absolute atomic E-state index is 13.9. The minimum Gasteiger partial charge on any atom is -0.486 e. The van der Waals surface area contributed by atoms with Crippen LogP contribution in [0, 0.1) is 6.92 Å². The zero-order valence-corrected chi connectivity index (χ0v) is 22.8. The summed E-state index contributed by atoms with van der Waals surface area (Å²) in [6, 6.07) is 23.2. The van der Waals surface area contributed by atoms with Gasteiger partial charge in [0.15, 0.2) is 11.5 Å². The first-order valence-electron chi connectivity index (χ1n) is 13.3. The van der Waals surface area contributed by atoms with E-state index in [0.717, 1.165) is 28.0 Å². The Morgan fingerprint density at radius 3 is 2.21 bits per heavy atom. The van der Waals surface area contributed by atoms with Gasteiger partial charge in [-0.2, -0.15) is 0 Å². The molecule has 1 heterocycles.